The van der Waals surface area contributed by atoms with E-state index in [0.717, 1.165) is 12.5 Å². The van der Waals surface area contributed by atoms with E-state index in [-0.39, 0.29) is 23.9 Å². The Morgan fingerprint density at radius 1 is 1.45 bits per heavy atom. The zero-order valence-corrected chi connectivity index (χ0v) is 10.9. The van der Waals surface area contributed by atoms with Crippen LogP contribution in [0.5, 0.6) is 0 Å². The number of aliphatic hydroxyl groups excluding tert-OH is 1. The van der Waals surface area contributed by atoms with Crippen LogP contribution in [0.4, 0.5) is 13.2 Å². The third-order valence-corrected chi connectivity index (χ3v) is 3.54. The number of rotatable bonds is 4. The Morgan fingerprint density at radius 2 is 2.05 bits per heavy atom. The predicted molar refractivity (Wildman–Crippen MR) is 66.7 cm³/mol. The van der Waals surface area contributed by atoms with Gasteiger partial charge in [-0.1, -0.05) is 25.1 Å². The van der Waals surface area contributed by atoms with Crippen LogP contribution in [0.15, 0.2) is 24.3 Å². The molecule has 2 N–H and O–H groups in total. The Balaban J connectivity index is 2.02. The van der Waals surface area contributed by atoms with Gasteiger partial charge in [-0.3, -0.25) is 4.79 Å². The number of hydrogen-bond donors (Lipinski definition) is 2. The lowest BCUT2D eigenvalue weighted by atomic mass is 10.0. The normalized spacial score (nSPS) is 23.2. The van der Waals surface area contributed by atoms with Gasteiger partial charge in [0.25, 0.3) is 0 Å². The van der Waals surface area contributed by atoms with Crippen LogP contribution < -0.4 is 5.32 Å². The number of amides is 1. The number of aliphatic hydroxyl groups is 1. The quantitative estimate of drug-likeness (QED) is 0.894. The first-order valence-corrected chi connectivity index (χ1v) is 6.42. The van der Waals surface area contributed by atoms with E-state index in [0.29, 0.717) is 5.92 Å². The smallest absolute Gasteiger partial charge is 0.387 e. The topological polar surface area (TPSA) is 49.3 Å². The third kappa shape index (κ3) is 3.30. The van der Waals surface area contributed by atoms with Crippen LogP contribution >= 0.6 is 0 Å². The van der Waals surface area contributed by atoms with Crippen molar-refractivity contribution < 1.29 is 23.1 Å². The zero-order chi connectivity index (χ0) is 14.9. The Kier molecular flexibility index (Phi) is 4.04. The molecule has 1 aromatic rings. The largest absolute Gasteiger partial charge is 0.416 e. The number of carbonyl (C=O) groups excluding carboxylic acids is 1. The van der Waals surface area contributed by atoms with Crippen molar-refractivity contribution in [3.63, 3.8) is 0 Å². The maximum absolute atomic E-state index is 12.8. The standard InChI is InChI=1S/C14H16F3NO2/c1-8-6-10(8)13(20)18-7-12(19)9-4-2-3-5-11(9)14(15,16)17/h2-5,8,10,12,19H,6-7H2,1H3,(H,18,20)/t8-,10-,12-/m1/s1. The SMILES string of the molecule is C[C@@H]1C[C@H]1C(=O)NC[C@@H](O)c1ccccc1C(F)(F)F. The number of halogens is 3. The Morgan fingerprint density at radius 3 is 2.60 bits per heavy atom. The molecule has 0 bridgehead atoms. The molecule has 1 fully saturated rings. The molecule has 1 amide bonds. The lowest BCUT2D eigenvalue weighted by Gasteiger charge is -2.17. The maximum Gasteiger partial charge on any atom is 0.416 e. The monoisotopic (exact) mass is 287 g/mol. The fourth-order valence-electron chi connectivity index (χ4n) is 2.17. The molecule has 1 aromatic carbocycles. The summed E-state index contributed by atoms with van der Waals surface area (Å²) in [7, 11) is 0. The highest BCUT2D eigenvalue weighted by Gasteiger charge is 2.39. The van der Waals surface area contributed by atoms with Crippen molar-refractivity contribution >= 4 is 5.91 Å². The van der Waals surface area contributed by atoms with E-state index in [1.54, 1.807) is 0 Å². The molecule has 1 aliphatic rings. The molecule has 0 aliphatic heterocycles. The molecule has 0 spiro atoms. The van der Waals surface area contributed by atoms with E-state index in [4.69, 9.17) is 0 Å². The van der Waals surface area contributed by atoms with Crippen molar-refractivity contribution in [1.29, 1.82) is 0 Å². The molecule has 0 unspecified atom stereocenters. The van der Waals surface area contributed by atoms with E-state index in [9.17, 15) is 23.1 Å². The van der Waals surface area contributed by atoms with Crippen LogP contribution in [0.1, 0.15) is 30.6 Å². The molecule has 110 valence electrons. The number of alkyl halides is 3. The zero-order valence-electron chi connectivity index (χ0n) is 10.9. The highest BCUT2D eigenvalue weighted by Crippen LogP contribution is 2.38. The average Bonchev–Trinajstić information content (AvgIpc) is 3.12. The summed E-state index contributed by atoms with van der Waals surface area (Å²) in [6, 6.07) is 4.84. The van der Waals surface area contributed by atoms with E-state index in [1.807, 2.05) is 6.92 Å². The van der Waals surface area contributed by atoms with Gasteiger partial charge in [0.2, 0.25) is 5.91 Å². The molecular formula is C14H16F3NO2. The van der Waals surface area contributed by atoms with Crippen LogP contribution in [0.25, 0.3) is 0 Å². The molecule has 0 heterocycles. The fraction of sp³-hybridized carbons (Fsp3) is 0.500. The highest BCUT2D eigenvalue weighted by molar-refractivity contribution is 5.81. The third-order valence-electron chi connectivity index (χ3n) is 3.54. The maximum atomic E-state index is 12.8. The molecule has 1 aliphatic carbocycles. The summed E-state index contributed by atoms with van der Waals surface area (Å²) in [6.07, 6.45) is -5.10. The molecule has 2 rings (SSSR count). The van der Waals surface area contributed by atoms with Gasteiger partial charge in [-0.2, -0.15) is 13.2 Å². The van der Waals surface area contributed by atoms with Gasteiger partial charge in [-0.25, -0.2) is 0 Å². The summed E-state index contributed by atoms with van der Waals surface area (Å²) in [5.41, 5.74) is -1.09. The lowest BCUT2D eigenvalue weighted by Crippen LogP contribution is -2.30. The molecule has 3 atom stereocenters. The summed E-state index contributed by atoms with van der Waals surface area (Å²) < 4.78 is 38.4. The van der Waals surface area contributed by atoms with Crippen LogP contribution in [0.3, 0.4) is 0 Å². The Hall–Kier alpha value is -1.56. The molecular weight excluding hydrogens is 271 g/mol. The first kappa shape index (κ1) is 14.8. The molecule has 0 saturated heterocycles. The second kappa shape index (κ2) is 5.44. The summed E-state index contributed by atoms with van der Waals surface area (Å²) in [5.74, 6) is 0.0377. The summed E-state index contributed by atoms with van der Waals surface area (Å²) in [6.45, 7) is 1.72. The molecule has 3 nitrogen and oxygen atoms in total. The van der Waals surface area contributed by atoms with Crippen molar-refractivity contribution in [1.82, 2.24) is 5.32 Å². The number of benzene rings is 1. The van der Waals surface area contributed by atoms with Crippen molar-refractivity contribution in [2.45, 2.75) is 25.6 Å². The van der Waals surface area contributed by atoms with Crippen molar-refractivity contribution in [2.24, 2.45) is 11.8 Å². The molecule has 0 radical (unpaired) electrons. The number of nitrogens with one attached hydrogen (secondary N) is 1. The van der Waals surface area contributed by atoms with Gasteiger partial charge in [0.1, 0.15) is 0 Å². The van der Waals surface area contributed by atoms with Crippen LogP contribution in [0.2, 0.25) is 0 Å². The first-order valence-electron chi connectivity index (χ1n) is 6.42. The second-order valence-electron chi connectivity index (χ2n) is 5.17. The van der Waals surface area contributed by atoms with E-state index >= 15 is 0 Å². The van der Waals surface area contributed by atoms with Crippen molar-refractivity contribution in [3.8, 4) is 0 Å². The van der Waals surface area contributed by atoms with E-state index < -0.39 is 17.8 Å². The van der Waals surface area contributed by atoms with Gasteiger partial charge in [0.05, 0.1) is 11.7 Å². The first-order chi connectivity index (χ1) is 9.30. The van der Waals surface area contributed by atoms with Crippen molar-refractivity contribution in [2.75, 3.05) is 6.54 Å². The minimum absolute atomic E-state index is 0.0694. The lowest BCUT2D eigenvalue weighted by molar-refractivity contribution is -0.139. The highest BCUT2D eigenvalue weighted by atomic mass is 19.4. The molecule has 0 aromatic heterocycles. The number of hydrogen-bond acceptors (Lipinski definition) is 2. The summed E-state index contributed by atoms with van der Waals surface area (Å²) >= 11 is 0. The van der Waals surface area contributed by atoms with Gasteiger partial charge in [0.15, 0.2) is 0 Å². The van der Waals surface area contributed by atoms with Gasteiger partial charge in [-0.15, -0.1) is 0 Å². The second-order valence-corrected chi connectivity index (χ2v) is 5.17. The van der Waals surface area contributed by atoms with Crippen LogP contribution in [-0.4, -0.2) is 17.6 Å². The summed E-state index contributed by atoms with van der Waals surface area (Å²) in [5, 5.41) is 12.4. The molecule has 6 heteroatoms. The van der Waals surface area contributed by atoms with Gasteiger partial charge in [0, 0.05) is 12.5 Å². The van der Waals surface area contributed by atoms with Crippen LogP contribution in [-0.2, 0) is 11.0 Å². The predicted octanol–water partition coefficient (Wildman–Crippen LogP) is 2.51. The van der Waals surface area contributed by atoms with Gasteiger partial charge >= 0.3 is 6.18 Å². The Labute approximate surface area is 114 Å². The van der Waals surface area contributed by atoms with E-state index in [1.165, 1.54) is 18.2 Å². The number of carbonyl (C=O) groups is 1. The van der Waals surface area contributed by atoms with Gasteiger partial charge < -0.3 is 10.4 Å². The fourth-order valence-corrected chi connectivity index (χ4v) is 2.17. The van der Waals surface area contributed by atoms with Crippen LogP contribution in [0, 0.1) is 11.8 Å². The van der Waals surface area contributed by atoms with Crippen molar-refractivity contribution in [3.05, 3.63) is 35.4 Å². The molecule has 20 heavy (non-hydrogen) atoms. The average molecular weight is 287 g/mol. The summed E-state index contributed by atoms with van der Waals surface area (Å²) in [4.78, 5) is 11.6. The Bertz CT molecular complexity index is 501. The van der Waals surface area contributed by atoms with Gasteiger partial charge in [-0.05, 0) is 24.0 Å². The van der Waals surface area contributed by atoms with E-state index in [2.05, 4.69) is 5.32 Å². The molecule has 1 saturated carbocycles. The minimum Gasteiger partial charge on any atom is -0.387 e. The minimum atomic E-state index is -4.52.